The molecule has 2 aromatic rings. The van der Waals surface area contributed by atoms with Crippen molar-refractivity contribution >= 4 is 14.0 Å². The van der Waals surface area contributed by atoms with Gasteiger partial charge in [-0.25, -0.2) is 0 Å². The maximum absolute atomic E-state index is 12.9. The highest BCUT2D eigenvalue weighted by molar-refractivity contribution is 6.79. The highest BCUT2D eigenvalue weighted by atomic mass is 28.3. The summed E-state index contributed by atoms with van der Waals surface area (Å²) in [5.74, 6) is 0.209. The van der Waals surface area contributed by atoms with Crippen LogP contribution in [0.15, 0.2) is 54.6 Å². The van der Waals surface area contributed by atoms with E-state index in [-0.39, 0.29) is 11.9 Å². The van der Waals surface area contributed by atoms with Gasteiger partial charge in [-0.1, -0.05) is 112 Å². The summed E-state index contributed by atoms with van der Waals surface area (Å²) in [6.45, 7) is 9.06. The Morgan fingerprint density at radius 2 is 1.59 bits per heavy atom. The van der Waals surface area contributed by atoms with Gasteiger partial charge in [-0.2, -0.15) is 0 Å². The van der Waals surface area contributed by atoms with Crippen LogP contribution in [-0.2, 0) is 11.2 Å². The molecule has 0 spiro atoms. The molecule has 0 aliphatic heterocycles. The predicted octanol–water partition coefficient (Wildman–Crippen LogP) is 7.07. The van der Waals surface area contributed by atoms with Crippen LogP contribution in [0.2, 0.25) is 24.2 Å². The molecule has 2 nitrogen and oxygen atoms in total. The second kappa shape index (κ2) is 12.0. The summed E-state index contributed by atoms with van der Waals surface area (Å²) in [7, 11) is -1.30. The molecule has 0 heterocycles. The quantitative estimate of drug-likeness (QED) is 0.373. The highest BCUT2D eigenvalue weighted by Crippen LogP contribution is 2.29. The smallest absolute Gasteiger partial charge is 0.220 e. The maximum Gasteiger partial charge on any atom is 0.220 e. The van der Waals surface area contributed by atoms with Gasteiger partial charge in [-0.15, -0.1) is 0 Å². The standard InChI is InChI=1S/C26H39NOSi/c1-5-8-19-29(6-2,7-3)20-18-26(28)27-25(24-12-10-9-11-13-24)21-23-16-14-22(4)15-17-23/h9-17,25H,5-8,18-21H2,1-4H3,(H,27,28). The Morgan fingerprint density at radius 3 is 2.17 bits per heavy atom. The minimum absolute atomic E-state index is 0.0290. The Bertz CT molecular complexity index is 722. The van der Waals surface area contributed by atoms with Crippen LogP contribution < -0.4 is 5.32 Å². The lowest BCUT2D eigenvalue weighted by atomic mass is 9.98. The monoisotopic (exact) mass is 409 g/mol. The summed E-state index contributed by atoms with van der Waals surface area (Å²) in [4.78, 5) is 12.9. The summed E-state index contributed by atoms with van der Waals surface area (Å²) >= 11 is 0. The van der Waals surface area contributed by atoms with Gasteiger partial charge >= 0.3 is 0 Å². The minimum atomic E-state index is -1.30. The van der Waals surface area contributed by atoms with E-state index in [9.17, 15) is 4.79 Å². The zero-order chi connectivity index (χ0) is 21.1. The van der Waals surface area contributed by atoms with E-state index >= 15 is 0 Å². The zero-order valence-corrected chi connectivity index (χ0v) is 19.8. The lowest BCUT2D eigenvalue weighted by Crippen LogP contribution is -2.36. The average Bonchev–Trinajstić information content (AvgIpc) is 2.76. The molecule has 1 atom stereocenters. The van der Waals surface area contributed by atoms with E-state index in [1.165, 1.54) is 47.7 Å². The van der Waals surface area contributed by atoms with Gasteiger partial charge in [-0.05, 0) is 30.5 Å². The molecule has 1 unspecified atom stereocenters. The fraction of sp³-hybridized carbons (Fsp3) is 0.500. The molecule has 2 rings (SSSR count). The molecule has 0 fully saturated rings. The van der Waals surface area contributed by atoms with Gasteiger partial charge < -0.3 is 5.32 Å². The van der Waals surface area contributed by atoms with Gasteiger partial charge in [0.25, 0.3) is 0 Å². The third-order valence-electron chi connectivity index (χ3n) is 6.54. The molecule has 0 radical (unpaired) electrons. The van der Waals surface area contributed by atoms with E-state index in [1.807, 2.05) is 6.07 Å². The van der Waals surface area contributed by atoms with Crippen LogP contribution in [0.5, 0.6) is 0 Å². The highest BCUT2D eigenvalue weighted by Gasteiger charge is 2.29. The molecule has 1 amide bonds. The summed E-state index contributed by atoms with van der Waals surface area (Å²) < 4.78 is 0. The Kier molecular flexibility index (Phi) is 9.66. The molecule has 29 heavy (non-hydrogen) atoms. The molecule has 1 N–H and O–H groups in total. The molecule has 3 heteroatoms. The Morgan fingerprint density at radius 1 is 0.931 bits per heavy atom. The van der Waals surface area contributed by atoms with Crippen molar-refractivity contribution in [1.82, 2.24) is 5.32 Å². The van der Waals surface area contributed by atoms with Gasteiger partial charge in [-0.3, -0.25) is 4.79 Å². The molecule has 0 saturated heterocycles. The number of benzene rings is 2. The van der Waals surface area contributed by atoms with Crippen LogP contribution in [0, 0.1) is 6.92 Å². The van der Waals surface area contributed by atoms with Crippen LogP contribution in [0.3, 0.4) is 0 Å². The number of carbonyl (C=O) groups excluding carboxylic acids is 1. The number of carbonyl (C=O) groups is 1. The fourth-order valence-corrected chi connectivity index (χ4v) is 8.20. The van der Waals surface area contributed by atoms with Crippen LogP contribution in [-0.4, -0.2) is 14.0 Å². The van der Waals surface area contributed by atoms with E-state index in [0.29, 0.717) is 6.42 Å². The second-order valence-corrected chi connectivity index (χ2v) is 13.9. The van der Waals surface area contributed by atoms with Gasteiger partial charge in [0.1, 0.15) is 0 Å². The lowest BCUT2D eigenvalue weighted by molar-refractivity contribution is -0.121. The molecular weight excluding hydrogens is 370 g/mol. The first-order valence-electron chi connectivity index (χ1n) is 11.4. The Balaban J connectivity index is 2.05. The number of amides is 1. The molecule has 2 aromatic carbocycles. The normalized spacial score (nSPS) is 12.6. The van der Waals surface area contributed by atoms with E-state index in [1.54, 1.807) is 0 Å². The van der Waals surface area contributed by atoms with Gasteiger partial charge in [0, 0.05) is 6.42 Å². The first-order valence-corrected chi connectivity index (χ1v) is 14.2. The minimum Gasteiger partial charge on any atom is -0.349 e. The molecule has 0 aliphatic rings. The fourth-order valence-electron chi connectivity index (χ4n) is 4.18. The molecule has 158 valence electrons. The predicted molar refractivity (Wildman–Crippen MR) is 128 cm³/mol. The molecule has 0 bridgehead atoms. The molecular formula is C26H39NOSi. The lowest BCUT2D eigenvalue weighted by Gasteiger charge is -2.30. The summed E-state index contributed by atoms with van der Waals surface area (Å²) in [5.41, 5.74) is 3.71. The number of hydrogen-bond acceptors (Lipinski definition) is 1. The van der Waals surface area contributed by atoms with Crippen LogP contribution in [0.1, 0.15) is 62.8 Å². The maximum atomic E-state index is 12.9. The summed E-state index contributed by atoms with van der Waals surface area (Å²) in [5, 5.41) is 3.36. The SMILES string of the molecule is CCCC[Si](CC)(CC)CCC(=O)NC(Cc1ccc(C)cc1)c1ccccc1. The first-order chi connectivity index (χ1) is 14.0. The summed E-state index contributed by atoms with van der Waals surface area (Å²) in [6.07, 6.45) is 4.08. The zero-order valence-electron chi connectivity index (χ0n) is 18.8. The number of hydrogen-bond donors (Lipinski definition) is 1. The van der Waals surface area contributed by atoms with Crippen molar-refractivity contribution in [3.8, 4) is 0 Å². The third kappa shape index (κ3) is 7.47. The van der Waals surface area contributed by atoms with Crippen LogP contribution in [0.4, 0.5) is 0 Å². The van der Waals surface area contributed by atoms with Crippen molar-refractivity contribution in [2.24, 2.45) is 0 Å². The Hall–Kier alpha value is -1.87. The summed E-state index contributed by atoms with van der Waals surface area (Å²) in [6, 6.07) is 24.1. The number of unbranched alkanes of at least 4 members (excludes halogenated alkanes) is 1. The van der Waals surface area contributed by atoms with Crippen molar-refractivity contribution in [2.45, 2.75) is 83.6 Å². The largest absolute Gasteiger partial charge is 0.349 e. The van der Waals surface area contributed by atoms with Gasteiger partial charge in [0.05, 0.1) is 14.1 Å². The number of aryl methyl sites for hydroxylation is 1. The van der Waals surface area contributed by atoms with Crippen molar-refractivity contribution < 1.29 is 4.79 Å². The Labute approximate surface area is 179 Å². The third-order valence-corrected chi connectivity index (χ3v) is 12.3. The van der Waals surface area contributed by atoms with E-state index in [0.717, 1.165) is 12.5 Å². The number of rotatable bonds is 12. The second-order valence-electron chi connectivity index (χ2n) is 8.53. The molecule has 0 aromatic heterocycles. The topological polar surface area (TPSA) is 29.1 Å². The molecule has 0 aliphatic carbocycles. The van der Waals surface area contributed by atoms with E-state index in [2.05, 4.69) is 81.5 Å². The van der Waals surface area contributed by atoms with Crippen LogP contribution in [0.25, 0.3) is 0 Å². The van der Waals surface area contributed by atoms with E-state index < -0.39 is 8.07 Å². The van der Waals surface area contributed by atoms with Crippen molar-refractivity contribution in [3.05, 3.63) is 71.3 Å². The van der Waals surface area contributed by atoms with Crippen molar-refractivity contribution in [3.63, 3.8) is 0 Å². The average molecular weight is 410 g/mol. The van der Waals surface area contributed by atoms with E-state index in [4.69, 9.17) is 0 Å². The van der Waals surface area contributed by atoms with Gasteiger partial charge in [0.2, 0.25) is 5.91 Å². The molecule has 0 saturated carbocycles. The van der Waals surface area contributed by atoms with Gasteiger partial charge in [0.15, 0.2) is 0 Å². The first kappa shape index (κ1) is 23.4. The van der Waals surface area contributed by atoms with Crippen molar-refractivity contribution in [1.29, 1.82) is 0 Å². The number of nitrogens with one attached hydrogen (secondary N) is 1. The van der Waals surface area contributed by atoms with Crippen LogP contribution >= 0.6 is 0 Å². The van der Waals surface area contributed by atoms with Crippen molar-refractivity contribution in [2.75, 3.05) is 0 Å².